The van der Waals surface area contributed by atoms with E-state index < -0.39 is 10.0 Å². The van der Waals surface area contributed by atoms with Crippen LogP contribution < -0.4 is 0 Å². The molecule has 0 aliphatic carbocycles. The fraction of sp³-hybridized carbons (Fsp3) is 0.636. The van der Waals surface area contributed by atoms with Gasteiger partial charge in [-0.05, 0) is 31.2 Å². The Morgan fingerprint density at radius 1 is 1.53 bits per heavy atom. The van der Waals surface area contributed by atoms with E-state index in [1.54, 1.807) is 15.8 Å². The molecule has 0 N–H and O–H groups in total. The maximum absolute atomic E-state index is 12.5. The van der Waals surface area contributed by atoms with E-state index in [1.807, 2.05) is 6.92 Å². The zero-order valence-electron chi connectivity index (χ0n) is 9.73. The number of piperidine rings is 1. The fourth-order valence-corrected chi connectivity index (χ4v) is 5.59. The Bertz CT molecular complexity index is 483. The van der Waals surface area contributed by atoms with Crippen molar-refractivity contribution in [3.63, 3.8) is 0 Å². The summed E-state index contributed by atoms with van der Waals surface area (Å²) in [4.78, 5) is 1.13. The second-order valence-electron chi connectivity index (χ2n) is 4.30. The van der Waals surface area contributed by atoms with E-state index in [-0.39, 0.29) is 11.9 Å². The van der Waals surface area contributed by atoms with Gasteiger partial charge in [-0.15, -0.1) is 22.9 Å². The van der Waals surface area contributed by atoms with Crippen LogP contribution in [0.3, 0.4) is 0 Å². The Morgan fingerprint density at radius 3 is 2.94 bits per heavy atom. The summed E-state index contributed by atoms with van der Waals surface area (Å²) < 4.78 is 26.6. The second-order valence-corrected chi connectivity index (χ2v) is 7.43. The highest BCUT2D eigenvalue weighted by Crippen LogP contribution is 2.30. The normalized spacial score (nSPS) is 22.8. The lowest BCUT2D eigenvalue weighted by Gasteiger charge is -2.32. The molecule has 2 rings (SSSR count). The van der Waals surface area contributed by atoms with Crippen LogP contribution in [0, 0.1) is 0 Å². The monoisotopic (exact) mass is 293 g/mol. The summed E-state index contributed by atoms with van der Waals surface area (Å²) in [6.45, 7) is 2.60. The summed E-state index contributed by atoms with van der Waals surface area (Å²) in [6, 6.07) is 1.76. The summed E-state index contributed by atoms with van der Waals surface area (Å²) in [7, 11) is -3.35. The summed E-state index contributed by atoms with van der Waals surface area (Å²) >= 11 is 7.19. The highest BCUT2D eigenvalue weighted by molar-refractivity contribution is 7.89. The van der Waals surface area contributed by atoms with Crippen molar-refractivity contribution >= 4 is 33.0 Å². The van der Waals surface area contributed by atoms with E-state index in [2.05, 4.69) is 0 Å². The van der Waals surface area contributed by atoms with Crippen LogP contribution in [-0.2, 0) is 15.9 Å². The van der Waals surface area contributed by atoms with E-state index in [0.29, 0.717) is 11.4 Å². The molecule has 0 saturated carbocycles. The largest absolute Gasteiger partial charge is 0.244 e. The summed E-state index contributed by atoms with van der Waals surface area (Å²) in [5.41, 5.74) is 0. The molecule has 0 amide bonds. The van der Waals surface area contributed by atoms with E-state index in [1.165, 1.54) is 11.3 Å². The third-order valence-electron chi connectivity index (χ3n) is 3.15. The Labute approximate surface area is 111 Å². The number of sulfonamides is 1. The van der Waals surface area contributed by atoms with Gasteiger partial charge in [0.15, 0.2) is 0 Å². The molecule has 1 fully saturated rings. The molecule has 1 aliphatic rings. The van der Waals surface area contributed by atoms with Crippen LogP contribution in [0.1, 0.15) is 31.1 Å². The Kier molecular flexibility index (Phi) is 4.13. The van der Waals surface area contributed by atoms with Crippen molar-refractivity contribution in [1.29, 1.82) is 0 Å². The molecule has 3 nitrogen and oxygen atoms in total. The number of thiophene rings is 1. The Balaban J connectivity index is 2.35. The number of nitrogens with zero attached hydrogens (tertiary/aromatic N) is 1. The van der Waals surface area contributed by atoms with E-state index in [0.717, 1.165) is 24.1 Å². The molecule has 1 unspecified atom stereocenters. The van der Waals surface area contributed by atoms with Crippen molar-refractivity contribution in [2.24, 2.45) is 0 Å². The van der Waals surface area contributed by atoms with E-state index >= 15 is 0 Å². The Hall–Kier alpha value is -0.100. The molecule has 0 aromatic carbocycles. The van der Waals surface area contributed by atoms with E-state index in [4.69, 9.17) is 11.6 Å². The lowest BCUT2D eigenvalue weighted by atomic mass is 10.1. The average Bonchev–Trinajstić information content (AvgIpc) is 2.78. The van der Waals surface area contributed by atoms with Crippen LogP contribution >= 0.6 is 22.9 Å². The molecule has 1 aromatic rings. The van der Waals surface area contributed by atoms with Gasteiger partial charge in [0.1, 0.15) is 0 Å². The second kappa shape index (κ2) is 5.26. The lowest BCUT2D eigenvalue weighted by molar-refractivity contribution is 0.268. The predicted octanol–water partition coefficient (Wildman–Crippen LogP) is 3.05. The third-order valence-corrected chi connectivity index (χ3v) is 6.73. The first-order chi connectivity index (χ1) is 8.07. The standard InChI is InChI=1S/C11H16ClNO2S2/c1-9-4-2-3-6-13(9)17(14,15)11-5-7-16-10(11)8-12/h5,7,9H,2-4,6,8H2,1H3. The molecular formula is C11H16ClNO2S2. The highest BCUT2D eigenvalue weighted by atomic mass is 35.5. The SMILES string of the molecule is CC1CCCCN1S(=O)(=O)c1ccsc1CCl. The fourth-order valence-electron chi connectivity index (χ4n) is 2.21. The van der Waals surface area contributed by atoms with Crippen molar-refractivity contribution in [3.05, 3.63) is 16.3 Å². The minimum atomic E-state index is -3.35. The summed E-state index contributed by atoms with van der Waals surface area (Å²) in [5, 5.41) is 1.79. The van der Waals surface area contributed by atoms with Gasteiger partial charge >= 0.3 is 0 Å². The lowest BCUT2D eigenvalue weighted by Crippen LogP contribution is -2.42. The molecule has 0 bridgehead atoms. The van der Waals surface area contributed by atoms with Gasteiger partial charge in [0.05, 0.1) is 10.8 Å². The van der Waals surface area contributed by atoms with Crippen LogP contribution in [0.25, 0.3) is 0 Å². The van der Waals surface area contributed by atoms with E-state index in [9.17, 15) is 8.42 Å². The average molecular weight is 294 g/mol. The van der Waals surface area contributed by atoms with Gasteiger partial charge < -0.3 is 0 Å². The molecule has 1 saturated heterocycles. The van der Waals surface area contributed by atoms with Crippen LogP contribution in [0.5, 0.6) is 0 Å². The molecule has 2 heterocycles. The van der Waals surface area contributed by atoms with Crippen molar-refractivity contribution in [3.8, 4) is 0 Å². The molecule has 6 heteroatoms. The van der Waals surface area contributed by atoms with Gasteiger partial charge in [0.25, 0.3) is 0 Å². The van der Waals surface area contributed by atoms with Crippen LogP contribution in [0.2, 0.25) is 0 Å². The summed E-state index contributed by atoms with van der Waals surface area (Å²) in [6.07, 6.45) is 3.00. The highest BCUT2D eigenvalue weighted by Gasteiger charge is 2.32. The molecule has 1 aliphatic heterocycles. The first-order valence-electron chi connectivity index (χ1n) is 5.71. The zero-order valence-corrected chi connectivity index (χ0v) is 12.1. The summed E-state index contributed by atoms with van der Waals surface area (Å²) in [5.74, 6) is 0.258. The maximum Gasteiger partial charge on any atom is 0.244 e. The van der Waals surface area contributed by atoms with Crippen LogP contribution in [0.15, 0.2) is 16.3 Å². The molecule has 1 aromatic heterocycles. The maximum atomic E-state index is 12.5. The van der Waals surface area contributed by atoms with Gasteiger partial charge in [-0.2, -0.15) is 4.31 Å². The quantitative estimate of drug-likeness (QED) is 0.803. The molecular weight excluding hydrogens is 278 g/mol. The first kappa shape index (κ1) is 13.3. The number of rotatable bonds is 3. The van der Waals surface area contributed by atoms with Crippen molar-refractivity contribution in [2.75, 3.05) is 6.54 Å². The minimum absolute atomic E-state index is 0.0943. The van der Waals surface area contributed by atoms with Gasteiger partial charge in [0.2, 0.25) is 10.0 Å². The van der Waals surface area contributed by atoms with Gasteiger partial charge in [-0.3, -0.25) is 0 Å². The minimum Gasteiger partial charge on any atom is -0.207 e. The van der Waals surface area contributed by atoms with Crippen LogP contribution in [0.4, 0.5) is 0 Å². The molecule has 0 radical (unpaired) electrons. The third kappa shape index (κ3) is 2.52. The Morgan fingerprint density at radius 2 is 2.29 bits per heavy atom. The molecule has 1 atom stereocenters. The smallest absolute Gasteiger partial charge is 0.207 e. The first-order valence-corrected chi connectivity index (χ1v) is 8.57. The number of halogens is 1. The topological polar surface area (TPSA) is 37.4 Å². The molecule has 0 spiro atoms. The predicted molar refractivity (Wildman–Crippen MR) is 71.1 cm³/mol. The number of hydrogen-bond donors (Lipinski definition) is 0. The zero-order chi connectivity index (χ0) is 12.5. The number of hydrogen-bond acceptors (Lipinski definition) is 3. The van der Waals surface area contributed by atoms with Gasteiger partial charge in [-0.25, -0.2) is 8.42 Å². The van der Waals surface area contributed by atoms with Gasteiger partial charge in [0, 0.05) is 17.5 Å². The van der Waals surface area contributed by atoms with Crippen molar-refractivity contribution in [1.82, 2.24) is 4.31 Å². The van der Waals surface area contributed by atoms with Crippen molar-refractivity contribution in [2.45, 2.75) is 43.0 Å². The van der Waals surface area contributed by atoms with Gasteiger partial charge in [-0.1, -0.05) is 6.42 Å². The molecule has 17 heavy (non-hydrogen) atoms. The van der Waals surface area contributed by atoms with Crippen LogP contribution in [-0.4, -0.2) is 25.3 Å². The molecule has 96 valence electrons. The van der Waals surface area contributed by atoms with Crippen molar-refractivity contribution < 1.29 is 8.42 Å². The number of alkyl halides is 1.